The van der Waals surface area contributed by atoms with Gasteiger partial charge in [0.2, 0.25) is 9.05 Å². The van der Waals surface area contributed by atoms with Gasteiger partial charge in [-0.1, -0.05) is 44.2 Å². The van der Waals surface area contributed by atoms with E-state index in [9.17, 15) is 8.42 Å². The van der Waals surface area contributed by atoms with Gasteiger partial charge in [0, 0.05) is 21.8 Å². The SMILES string of the molecule is CC1=Nc2ccc3ccccc3c2C1(C)C.CS(=O)(=O)Cl. The number of benzene rings is 2. The summed E-state index contributed by atoms with van der Waals surface area (Å²) in [7, 11) is 1.31. The fourth-order valence-corrected chi connectivity index (χ4v) is 2.51. The van der Waals surface area contributed by atoms with Crippen molar-refractivity contribution in [2.24, 2.45) is 4.99 Å². The molecule has 1 aliphatic rings. The topological polar surface area (TPSA) is 46.5 Å². The Bertz CT molecular complexity index is 815. The summed E-state index contributed by atoms with van der Waals surface area (Å²) >= 11 is 0. The van der Waals surface area contributed by atoms with Crippen molar-refractivity contribution >= 4 is 41.9 Å². The molecule has 21 heavy (non-hydrogen) atoms. The van der Waals surface area contributed by atoms with Gasteiger partial charge >= 0.3 is 0 Å². The van der Waals surface area contributed by atoms with E-state index in [1.807, 2.05) is 0 Å². The normalized spacial score (nSPS) is 16.0. The quantitative estimate of drug-likeness (QED) is 0.674. The summed E-state index contributed by atoms with van der Waals surface area (Å²) in [4.78, 5) is 4.67. The van der Waals surface area contributed by atoms with Gasteiger partial charge in [0.25, 0.3) is 0 Å². The lowest BCUT2D eigenvalue weighted by molar-refractivity contribution is 0.615. The van der Waals surface area contributed by atoms with Gasteiger partial charge in [-0.15, -0.1) is 0 Å². The standard InChI is InChI=1S/C15H15N.CH3ClO2S/c1-10-15(2,3)14-12-7-5-4-6-11(12)8-9-13(14)16-10;1-5(2,3)4/h4-9H,1-3H3;1H3. The summed E-state index contributed by atoms with van der Waals surface area (Å²) in [5.41, 5.74) is 3.79. The van der Waals surface area contributed by atoms with Gasteiger partial charge < -0.3 is 0 Å². The lowest BCUT2D eigenvalue weighted by atomic mass is 9.80. The molecule has 3 rings (SSSR count). The summed E-state index contributed by atoms with van der Waals surface area (Å²) in [5.74, 6) is 0. The van der Waals surface area contributed by atoms with Crippen molar-refractivity contribution in [3.63, 3.8) is 0 Å². The molecular weight excluding hydrogens is 306 g/mol. The Morgan fingerprint density at radius 2 is 1.67 bits per heavy atom. The molecule has 1 aliphatic heterocycles. The molecule has 112 valence electrons. The summed E-state index contributed by atoms with van der Waals surface area (Å²) in [6.45, 7) is 6.63. The highest BCUT2D eigenvalue weighted by molar-refractivity contribution is 8.13. The van der Waals surface area contributed by atoms with Gasteiger partial charge in [-0.25, -0.2) is 8.42 Å². The van der Waals surface area contributed by atoms with E-state index in [1.54, 1.807) is 0 Å². The lowest BCUT2D eigenvalue weighted by Gasteiger charge is -2.21. The lowest BCUT2D eigenvalue weighted by Crippen LogP contribution is -2.22. The summed E-state index contributed by atoms with van der Waals surface area (Å²) in [6.07, 6.45) is 0.925. The van der Waals surface area contributed by atoms with E-state index in [0.717, 1.165) is 11.9 Å². The fraction of sp³-hybridized carbons (Fsp3) is 0.312. The highest BCUT2D eigenvalue weighted by Gasteiger charge is 2.33. The third-order valence-electron chi connectivity index (χ3n) is 3.72. The second-order valence-corrected chi connectivity index (χ2v) is 8.73. The van der Waals surface area contributed by atoms with Crippen LogP contribution in [0.1, 0.15) is 26.3 Å². The zero-order chi connectivity index (χ0) is 15.8. The van der Waals surface area contributed by atoms with E-state index < -0.39 is 9.05 Å². The third kappa shape index (κ3) is 3.44. The molecule has 2 aromatic carbocycles. The molecule has 0 N–H and O–H groups in total. The Morgan fingerprint density at radius 3 is 2.29 bits per heavy atom. The second-order valence-electron chi connectivity index (χ2n) is 5.68. The first-order valence-electron chi connectivity index (χ1n) is 6.58. The first kappa shape index (κ1) is 16.0. The highest BCUT2D eigenvalue weighted by Crippen LogP contribution is 2.43. The first-order chi connectivity index (χ1) is 9.60. The van der Waals surface area contributed by atoms with Gasteiger partial charge in [0.05, 0.1) is 11.9 Å². The van der Waals surface area contributed by atoms with E-state index in [4.69, 9.17) is 0 Å². The molecule has 0 aromatic heterocycles. The van der Waals surface area contributed by atoms with Crippen molar-refractivity contribution in [1.82, 2.24) is 0 Å². The van der Waals surface area contributed by atoms with E-state index in [-0.39, 0.29) is 5.41 Å². The number of hydrogen-bond acceptors (Lipinski definition) is 3. The van der Waals surface area contributed by atoms with Crippen LogP contribution in [0.3, 0.4) is 0 Å². The number of hydrogen-bond donors (Lipinski definition) is 0. The van der Waals surface area contributed by atoms with Crippen molar-refractivity contribution in [3.05, 3.63) is 42.0 Å². The van der Waals surface area contributed by atoms with E-state index in [2.05, 4.69) is 72.8 Å². The summed E-state index contributed by atoms with van der Waals surface area (Å²) in [6, 6.07) is 12.8. The zero-order valence-corrected chi connectivity index (χ0v) is 14.1. The Labute approximate surface area is 130 Å². The van der Waals surface area contributed by atoms with Gasteiger partial charge in [-0.2, -0.15) is 0 Å². The average molecular weight is 324 g/mol. The van der Waals surface area contributed by atoms with E-state index >= 15 is 0 Å². The van der Waals surface area contributed by atoms with Crippen LogP contribution in [-0.2, 0) is 14.5 Å². The third-order valence-corrected chi connectivity index (χ3v) is 3.72. The maximum absolute atomic E-state index is 9.40. The minimum absolute atomic E-state index is 0.0657. The minimum Gasteiger partial charge on any atom is -0.257 e. The maximum atomic E-state index is 9.40. The maximum Gasteiger partial charge on any atom is 0.229 e. The molecular formula is C16H18ClNO2S. The van der Waals surface area contributed by atoms with Crippen LogP contribution in [0.5, 0.6) is 0 Å². The van der Waals surface area contributed by atoms with Crippen molar-refractivity contribution in [1.29, 1.82) is 0 Å². The van der Waals surface area contributed by atoms with Crippen LogP contribution in [-0.4, -0.2) is 20.4 Å². The number of halogens is 1. The molecule has 1 heterocycles. The molecule has 0 aliphatic carbocycles. The highest BCUT2D eigenvalue weighted by atomic mass is 35.7. The molecule has 0 unspecified atom stereocenters. The molecule has 0 amide bonds. The fourth-order valence-electron chi connectivity index (χ4n) is 2.51. The molecule has 0 fully saturated rings. The molecule has 0 saturated carbocycles. The van der Waals surface area contributed by atoms with Gasteiger partial charge in [0.1, 0.15) is 0 Å². The van der Waals surface area contributed by atoms with Gasteiger partial charge in [-0.05, 0) is 29.3 Å². The Balaban J connectivity index is 0.000000282. The van der Waals surface area contributed by atoms with Crippen molar-refractivity contribution in [3.8, 4) is 0 Å². The van der Waals surface area contributed by atoms with Crippen molar-refractivity contribution in [2.45, 2.75) is 26.2 Å². The van der Waals surface area contributed by atoms with Gasteiger partial charge in [0.15, 0.2) is 0 Å². The number of aliphatic imine (C=N–C) groups is 1. The predicted octanol–water partition coefficient (Wildman–Crippen LogP) is 4.41. The monoisotopic (exact) mass is 323 g/mol. The van der Waals surface area contributed by atoms with E-state index in [1.165, 1.54) is 22.0 Å². The Kier molecular flexibility index (Phi) is 4.13. The predicted molar refractivity (Wildman–Crippen MR) is 90.4 cm³/mol. The molecule has 0 atom stereocenters. The van der Waals surface area contributed by atoms with Crippen LogP contribution in [0, 0.1) is 0 Å². The number of nitrogens with zero attached hydrogens (tertiary/aromatic N) is 1. The Morgan fingerprint density at radius 1 is 1.10 bits per heavy atom. The largest absolute Gasteiger partial charge is 0.257 e. The minimum atomic E-state index is -3.19. The molecule has 0 saturated heterocycles. The number of rotatable bonds is 0. The average Bonchev–Trinajstić information content (AvgIpc) is 2.58. The summed E-state index contributed by atoms with van der Waals surface area (Å²) in [5, 5.41) is 2.64. The van der Waals surface area contributed by atoms with Crippen LogP contribution in [0.15, 0.2) is 41.4 Å². The van der Waals surface area contributed by atoms with Crippen LogP contribution in [0.25, 0.3) is 10.8 Å². The van der Waals surface area contributed by atoms with E-state index in [0.29, 0.717) is 0 Å². The molecule has 0 spiro atoms. The van der Waals surface area contributed by atoms with Crippen molar-refractivity contribution in [2.75, 3.05) is 6.26 Å². The summed E-state index contributed by atoms with van der Waals surface area (Å²) < 4.78 is 18.8. The van der Waals surface area contributed by atoms with Crippen LogP contribution < -0.4 is 0 Å². The molecule has 5 heteroatoms. The smallest absolute Gasteiger partial charge is 0.229 e. The van der Waals surface area contributed by atoms with Crippen LogP contribution in [0.4, 0.5) is 5.69 Å². The van der Waals surface area contributed by atoms with Crippen LogP contribution >= 0.6 is 10.7 Å². The zero-order valence-electron chi connectivity index (χ0n) is 12.5. The number of fused-ring (bicyclic) bond motifs is 3. The Hall–Kier alpha value is -1.39. The first-order valence-corrected chi connectivity index (χ1v) is 9.30. The molecule has 2 aromatic rings. The van der Waals surface area contributed by atoms with Crippen molar-refractivity contribution < 1.29 is 8.42 Å². The second kappa shape index (κ2) is 5.43. The van der Waals surface area contributed by atoms with Gasteiger partial charge in [-0.3, -0.25) is 4.99 Å². The molecule has 0 radical (unpaired) electrons. The van der Waals surface area contributed by atoms with Crippen LogP contribution in [0.2, 0.25) is 0 Å². The molecule has 3 nitrogen and oxygen atoms in total. The molecule has 0 bridgehead atoms.